The Bertz CT molecular complexity index is 1350. The molecule has 34 heavy (non-hydrogen) atoms. The minimum absolute atomic E-state index is 0. The molecule has 180 valence electrons. The number of anilines is 1. The summed E-state index contributed by atoms with van der Waals surface area (Å²) in [6, 6.07) is 11.4. The largest absolute Gasteiger partial charge is 0.420 e. The molecule has 0 saturated carbocycles. The molecule has 2 aromatic carbocycles. The van der Waals surface area contributed by atoms with Crippen molar-refractivity contribution in [1.29, 1.82) is 0 Å². The standard InChI is InChI=1S/C23H23FN4O4S.ClH/c24-16-6-7-17-20(14-16)33-22(25-17)27(9-3-8-26-10-12-31-13-11-26)21(29)15-28-18-4-1-2-5-19(18)32-23(28)30;/h1-2,4-7,14H,3,8-13,15H2;1H. The number of benzene rings is 2. The van der Waals surface area contributed by atoms with E-state index in [2.05, 4.69) is 9.88 Å². The highest BCUT2D eigenvalue weighted by Gasteiger charge is 2.23. The van der Waals surface area contributed by atoms with Gasteiger partial charge < -0.3 is 9.15 Å². The van der Waals surface area contributed by atoms with Crippen molar-refractivity contribution in [2.75, 3.05) is 44.3 Å². The number of thiazole rings is 1. The minimum atomic E-state index is -0.579. The lowest BCUT2D eigenvalue weighted by Crippen LogP contribution is -2.40. The summed E-state index contributed by atoms with van der Waals surface area (Å²) in [5, 5.41) is 0.489. The van der Waals surface area contributed by atoms with Crippen LogP contribution in [-0.2, 0) is 16.1 Å². The van der Waals surface area contributed by atoms with E-state index in [1.807, 2.05) is 0 Å². The Kier molecular flexibility index (Phi) is 7.62. The Morgan fingerprint density at radius 3 is 2.79 bits per heavy atom. The molecule has 1 fully saturated rings. The van der Waals surface area contributed by atoms with Gasteiger partial charge in [-0.1, -0.05) is 23.5 Å². The molecule has 0 N–H and O–H groups in total. The smallest absolute Gasteiger partial charge is 0.408 e. The molecule has 2 aromatic heterocycles. The molecule has 0 atom stereocenters. The maximum atomic E-state index is 13.7. The number of carbonyl (C=O) groups is 1. The fourth-order valence-electron chi connectivity index (χ4n) is 3.99. The van der Waals surface area contributed by atoms with Gasteiger partial charge in [0, 0.05) is 26.2 Å². The first-order chi connectivity index (χ1) is 16.1. The number of ether oxygens (including phenoxy) is 1. The highest BCUT2D eigenvalue weighted by atomic mass is 35.5. The number of hydrogen-bond donors (Lipinski definition) is 0. The van der Waals surface area contributed by atoms with Crippen molar-refractivity contribution in [3.63, 3.8) is 0 Å². The number of morpholine rings is 1. The van der Waals surface area contributed by atoms with Gasteiger partial charge in [0.25, 0.3) is 0 Å². The molecular weight excluding hydrogens is 483 g/mol. The lowest BCUT2D eigenvalue weighted by molar-refractivity contribution is -0.119. The molecule has 1 aliphatic heterocycles. The Morgan fingerprint density at radius 2 is 1.97 bits per heavy atom. The van der Waals surface area contributed by atoms with E-state index in [1.54, 1.807) is 35.2 Å². The van der Waals surface area contributed by atoms with E-state index in [1.165, 1.54) is 28.0 Å². The first-order valence-electron chi connectivity index (χ1n) is 10.8. The maximum Gasteiger partial charge on any atom is 0.420 e. The average Bonchev–Trinajstić information content (AvgIpc) is 3.37. The summed E-state index contributed by atoms with van der Waals surface area (Å²) < 4.78 is 26.4. The van der Waals surface area contributed by atoms with Gasteiger partial charge in [-0.15, -0.1) is 12.4 Å². The summed E-state index contributed by atoms with van der Waals surface area (Å²) in [6.45, 7) is 4.24. The van der Waals surface area contributed by atoms with E-state index < -0.39 is 5.76 Å². The zero-order valence-electron chi connectivity index (χ0n) is 18.3. The summed E-state index contributed by atoms with van der Waals surface area (Å²) in [5.41, 5.74) is 1.63. The second-order valence-corrected chi connectivity index (χ2v) is 8.89. The average molecular weight is 507 g/mol. The first kappa shape index (κ1) is 24.3. The van der Waals surface area contributed by atoms with Gasteiger partial charge in [0.1, 0.15) is 12.4 Å². The third kappa shape index (κ3) is 5.15. The van der Waals surface area contributed by atoms with Gasteiger partial charge in [0.05, 0.1) is 28.9 Å². The number of halogens is 2. The third-order valence-corrected chi connectivity index (χ3v) is 6.74. The number of oxazole rings is 1. The van der Waals surface area contributed by atoms with Gasteiger partial charge in [-0.05, 0) is 36.8 Å². The van der Waals surface area contributed by atoms with Crippen molar-refractivity contribution in [3.05, 3.63) is 58.8 Å². The van der Waals surface area contributed by atoms with Crippen LogP contribution in [0.3, 0.4) is 0 Å². The van der Waals surface area contributed by atoms with E-state index in [4.69, 9.17) is 9.15 Å². The molecule has 11 heteroatoms. The van der Waals surface area contributed by atoms with Crippen LogP contribution in [0.5, 0.6) is 0 Å². The monoisotopic (exact) mass is 506 g/mol. The van der Waals surface area contributed by atoms with Crippen LogP contribution in [0.4, 0.5) is 9.52 Å². The molecule has 1 amide bonds. The zero-order chi connectivity index (χ0) is 22.8. The molecule has 0 unspecified atom stereocenters. The van der Waals surface area contributed by atoms with Crippen LogP contribution in [0, 0.1) is 5.82 Å². The summed E-state index contributed by atoms with van der Waals surface area (Å²) in [5.74, 6) is -1.20. The summed E-state index contributed by atoms with van der Waals surface area (Å²) in [7, 11) is 0. The molecule has 8 nitrogen and oxygen atoms in total. The van der Waals surface area contributed by atoms with E-state index in [-0.39, 0.29) is 30.7 Å². The van der Waals surface area contributed by atoms with E-state index >= 15 is 0 Å². The van der Waals surface area contributed by atoms with E-state index in [0.717, 1.165) is 26.1 Å². The fraction of sp³-hybridized carbons (Fsp3) is 0.348. The molecule has 0 radical (unpaired) electrons. The van der Waals surface area contributed by atoms with Crippen molar-refractivity contribution in [3.8, 4) is 0 Å². The SMILES string of the molecule is Cl.O=C(Cn1c(=O)oc2ccccc21)N(CCCN1CCOCC1)c1nc2ccc(F)cc2s1. The molecule has 3 heterocycles. The molecule has 0 aliphatic carbocycles. The van der Waals surface area contributed by atoms with Crippen molar-refractivity contribution in [2.45, 2.75) is 13.0 Å². The van der Waals surface area contributed by atoms with E-state index in [9.17, 15) is 14.0 Å². The maximum absolute atomic E-state index is 13.7. The predicted molar refractivity (Wildman–Crippen MR) is 132 cm³/mol. The number of nitrogens with zero attached hydrogens (tertiary/aromatic N) is 4. The second kappa shape index (κ2) is 10.6. The van der Waals surface area contributed by atoms with Gasteiger partial charge >= 0.3 is 5.76 Å². The number of hydrogen-bond acceptors (Lipinski definition) is 7. The molecule has 5 rings (SSSR count). The topological polar surface area (TPSA) is 80.8 Å². The molecule has 0 spiro atoms. The molecule has 4 aromatic rings. The van der Waals surface area contributed by atoms with Crippen LogP contribution in [0.1, 0.15) is 6.42 Å². The number of amides is 1. The highest BCUT2D eigenvalue weighted by Crippen LogP contribution is 2.30. The third-order valence-electron chi connectivity index (χ3n) is 5.70. The van der Waals surface area contributed by atoms with Crippen LogP contribution in [0.15, 0.2) is 51.7 Å². The van der Waals surface area contributed by atoms with Gasteiger partial charge in [-0.2, -0.15) is 0 Å². The molecule has 1 aliphatic rings. The van der Waals surface area contributed by atoms with Crippen LogP contribution in [0.25, 0.3) is 21.3 Å². The van der Waals surface area contributed by atoms with Crippen molar-refractivity contribution < 1.29 is 18.3 Å². The minimum Gasteiger partial charge on any atom is -0.408 e. The van der Waals surface area contributed by atoms with Crippen molar-refractivity contribution >= 4 is 56.1 Å². The van der Waals surface area contributed by atoms with Crippen LogP contribution >= 0.6 is 23.7 Å². The molecule has 0 bridgehead atoms. The Balaban J connectivity index is 0.00000274. The Labute approximate surface area is 204 Å². The first-order valence-corrected chi connectivity index (χ1v) is 11.6. The van der Waals surface area contributed by atoms with Gasteiger partial charge in [-0.3, -0.25) is 19.2 Å². The van der Waals surface area contributed by atoms with Gasteiger partial charge in [0.2, 0.25) is 5.91 Å². The number of aromatic nitrogens is 2. The number of carbonyl (C=O) groups excluding carboxylic acids is 1. The fourth-order valence-corrected chi connectivity index (χ4v) is 5.02. The Hall–Kier alpha value is -2.79. The normalized spacial score (nSPS) is 14.4. The van der Waals surface area contributed by atoms with Crippen molar-refractivity contribution in [1.82, 2.24) is 14.5 Å². The molecular formula is C23H24ClFN4O4S. The van der Waals surface area contributed by atoms with Crippen molar-refractivity contribution in [2.24, 2.45) is 0 Å². The summed E-state index contributed by atoms with van der Waals surface area (Å²) in [6.07, 6.45) is 0.733. The highest BCUT2D eigenvalue weighted by molar-refractivity contribution is 7.22. The van der Waals surface area contributed by atoms with Crippen LogP contribution < -0.4 is 10.7 Å². The lowest BCUT2D eigenvalue weighted by atomic mass is 10.3. The number of rotatable bonds is 7. The van der Waals surface area contributed by atoms with E-state index in [0.29, 0.717) is 46.2 Å². The van der Waals surface area contributed by atoms with Gasteiger partial charge in [0.15, 0.2) is 10.7 Å². The summed E-state index contributed by atoms with van der Waals surface area (Å²) in [4.78, 5) is 34.3. The number of para-hydroxylation sites is 2. The number of fused-ring (bicyclic) bond motifs is 2. The van der Waals surface area contributed by atoms with Crippen LogP contribution in [0.2, 0.25) is 0 Å². The molecule has 1 saturated heterocycles. The zero-order valence-corrected chi connectivity index (χ0v) is 19.9. The van der Waals surface area contributed by atoms with Crippen LogP contribution in [-0.4, -0.2) is 59.8 Å². The van der Waals surface area contributed by atoms with Gasteiger partial charge in [-0.25, -0.2) is 14.2 Å². The lowest BCUT2D eigenvalue weighted by Gasteiger charge is -2.27. The second-order valence-electron chi connectivity index (χ2n) is 7.88. The quantitative estimate of drug-likeness (QED) is 0.381. The Morgan fingerprint density at radius 1 is 1.18 bits per heavy atom. The predicted octanol–water partition coefficient (Wildman–Crippen LogP) is 3.52. The summed E-state index contributed by atoms with van der Waals surface area (Å²) >= 11 is 1.26.